The average Bonchev–Trinajstić information content (AvgIpc) is 3.21. The van der Waals surface area contributed by atoms with Crippen molar-refractivity contribution >= 4 is 15.6 Å². The molecule has 0 unspecified atom stereocenters. The van der Waals surface area contributed by atoms with E-state index in [9.17, 15) is 8.42 Å². The topological polar surface area (TPSA) is 46.6 Å². The lowest BCUT2D eigenvalue weighted by molar-refractivity contribution is 0.0961. The summed E-state index contributed by atoms with van der Waals surface area (Å²) in [4.78, 5) is 0.309. The lowest BCUT2D eigenvalue weighted by atomic mass is 10.1. The summed E-state index contributed by atoms with van der Waals surface area (Å²) in [6.07, 6.45) is 2.02. The van der Waals surface area contributed by atoms with Gasteiger partial charge in [-0.2, -0.15) is 4.31 Å². The average molecular weight is 420 g/mol. The number of hydrogen-bond acceptors (Lipinski definition) is 3. The van der Waals surface area contributed by atoms with E-state index in [2.05, 4.69) is 0 Å². The van der Waals surface area contributed by atoms with Gasteiger partial charge in [-0.05, 0) is 35.8 Å². The summed E-state index contributed by atoms with van der Waals surface area (Å²) in [5.74, 6) is 0. The quantitative estimate of drug-likeness (QED) is 0.559. The Kier molecular flexibility index (Phi) is 6.13. The molecule has 3 aromatic rings. The molecule has 0 saturated heterocycles. The van der Waals surface area contributed by atoms with Crippen LogP contribution in [0.1, 0.15) is 16.7 Å². The first-order valence-electron chi connectivity index (χ1n) is 10.0. The fourth-order valence-corrected chi connectivity index (χ4v) is 5.14. The Morgan fingerprint density at radius 3 is 2.20 bits per heavy atom. The molecule has 0 bridgehead atoms. The molecular formula is C25H25NO3S. The molecule has 1 aliphatic rings. The fourth-order valence-electron chi connectivity index (χ4n) is 3.60. The minimum absolute atomic E-state index is 0.302. The summed E-state index contributed by atoms with van der Waals surface area (Å²) in [6.45, 7) is 3.03. The van der Waals surface area contributed by atoms with Crippen LogP contribution in [0.3, 0.4) is 0 Å². The summed E-state index contributed by atoms with van der Waals surface area (Å²) >= 11 is 0. The van der Waals surface area contributed by atoms with Gasteiger partial charge >= 0.3 is 0 Å². The minimum Gasteiger partial charge on any atom is -0.375 e. The van der Waals surface area contributed by atoms with Gasteiger partial charge in [0.15, 0.2) is 0 Å². The Morgan fingerprint density at radius 2 is 1.53 bits per heavy atom. The Balaban J connectivity index is 1.58. The van der Waals surface area contributed by atoms with Gasteiger partial charge < -0.3 is 4.74 Å². The van der Waals surface area contributed by atoms with Gasteiger partial charge in [-0.3, -0.25) is 0 Å². The number of benzene rings is 3. The van der Waals surface area contributed by atoms with Crippen LogP contribution in [0.15, 0.2) is 95.9 Å². The predicted octanol–water partition coefficient (Wildman–Crippen LogP) is 4.67. The highest BCUT2D eigenvalue weighted by Crippen LogP contribution is 2.30. The van der Waals surface area contributed by atoms with Crippen LogP contribution in [-0.2, 0) is 21.4 Å². The molecule has 0 aliphatic carbocycles. The highest BCUT2D eigenvalue weighted by atomic mass is 32.2. The van der Waals surface area contributed by atoms with E-state index < -0.39 is 10.0 Å². The third kappa shape index (κ3) is 4.54. The number of nitrogens with zero attached hydrogens (tertiary/aromatic N) is 1. The number of rotatable bonds is 7. The van der Waals surface area contributed by atoms with Gasteiger partial charge in [-0.15, -0.1) is 0 Å². The van der Waals surface area contributed by atoms with Crippen molar-refractivity contribution in [1.29, 1.82) is 0 Å². The van der Waals surface area contributed by atoms with Crippen molar-refractivity contribution < 1.29 is 13.2 Å². The van der Waals surface area contributed by atoms with E-state index in [-0.39, 0.29) is 6.04 Å². The normalized spacial score (nSPS) is 17.1. The van der Waals surface area contributed by atoms with Gasteiger partial charge in [0.1, 0.15) is 0 Å². The summed E-state index contributed by atoms with van der Waals surface area (Å²) in [5, 5.41) is 0. The highest BCUT2D eigenvalue weighted by molar-refractivity contribution is 7.89. The van der Waals surface area contributed by atoms with Crippen LogP contribution in [0.25, 0.3) is 5.57 Å². The first-order valence-corrected chi connectivity index (χ1v) is 11.4. The second-order valence-electron chi connectivity index (χ2n) is 7.49. The third-order valence-corrected chi connectivity index (χ3v) is 7.15. The van der Waals surface area contributed by atoms with Gasteiger partial charge in [0.05, 0.1) is 24.2 Å². The molecule has 3 aromatic carbocycles. The van der Waals surface area contributed by atoms with Crippen molar-refractivity contribution in [1.82, 2.24) is 4.31 Å². The Bertz CT molecular complexity index is 1110. The predicted molar refractivity (Wildman–Crippen MR) is 119 cm³/mol. The highest BCUT2D eigenvalue weighted by Gasteiger charge is 2.36. The summed E-state index contributed by atoms with van der Waals surface area (Å²) in [5.41, 5.74) is 4.13. The van der Waals surface area contributed by atoms with E-state index in [1.807, 2.05) is 85.8 Å². The van der Waals surface area contributed by atoms with Gasteiger partial charge in [0.2, 0.25) is 10.0 Å². The van der Waals surface area contributed by atoms with Gasteiger partial charge in [-0.1, -0.05) is 84.4 Å². The number of sulfonamides is 1. The maximum absolute atomic E-state index is 13.4. The van der Waals surface area contributed by atoms with E-state index in [0.29, 0.717) is 24.7 Å². The van der Waals surface area contributed by atoms with Crippen LogP contribution in [-0.4, -0.2) is 31.9 Å². The van der Waals surface area contributed by atoms with Crippen molar-refractivity contribution in [2.24, 2.45) is 0 Å². The van der Waals surface area contributed by atoms with Crippen LogP contribution in [0.4, 0.5) is 0 Å². The van der Waals surface area contributed by atoms with E-state index in [1.54, 1.807) is 16.4 Å². The van der Waals surface area contributed by atoms with E-state index in [0.717, 1.165) is 22.3 Å². The summed E-state index contributed by atoms with van der Waals surface area (Å²) in [7, 11) is -3.64. The van der Waals surface area contributed by atoms with Crippen LogP contribution in [0.2, 0.25) is 0 Å². The number of aryl methyl sites for hydroxylation is 1. The minimum atomic E-state index is -3.64. The van der Waals surface area contributed by atoms with Crippen LogP contribution in [0.5, 0.6) is 0 Å². The molecule has 4 nitrogen and oxygen atoms in total. The molecule has 0 radical (unpaired) electrons. The molecule has 0 fully saturated rings. The fraction of sp³-hybridized carbons (Fsp3) is 0.200. The maximum Gasteiger partial charge on any atom is 0.243 e. The zero-order chi connectivity index (χ0) is 21.0. The zero-order valence-electron chi connectivity index (χ0n) is 16.9. The lowest BCUT2D eigenvalue weighted by Crippen LogP contribution is -2.39. The number of ether oxygens (including phenoxy) is 1. The Hall–Kier alpha value is -2.73. The first-order chi connectivity index (χ1) is 14.5. The molecule has 0 N–H and O–H groups in total. The van der Waals surface area contributed by atoms with Crippen molar-refractivity contribution in [2.45, 2.75) is 24.5 Å². The maximum atomic E-state index is 13.4. The first kappa shape index (κ1) is 20.5. The van der Waals surface area contributed by atoms with Crippen molar-refractivity contribution in [2.75, 3.05) is 13.2 Å². The molecule has 1 aliphatic heterocycles. The largest absolute Gasteiger partial charge is 0.375 e. The molecule has 1 heterocycles. The smallest absolute Gasteiger partial charge is 0.243 e. The molecule has 30 heavy (non-hydrogen) atoms. The molecule has 0 aromatic heterocycles. The third-order valence-electron chi connectivity index (χ3n) is 5.26. The van der Waals surface area contributed by atoms with E-state index in [1.165, 1.54) is 0 Å². The second kappa shape index (κ2) is 8.96. The van der Waals surface area contributed by atoms with E-state index >= 15 is 0 Å². The van der Waals surface area contributed by atoms with Gasteiger partial charge in [0, 0.05) is 6.54 Å². The molecule has 5 heteroatoms. The van der Waals surface area contributed by atoms with Crippen LogP contribution >= 0.6 is 0 Å². The van der Waals surface area contributed by atoms with Crippen LogP contribution in [0, 0.1) is 6.92 Å². The Labute approximate surface area is 178 Å². The van der Waals surface area contributed by atoms with Crippen molar-refractivity contribution in [3.8, 4) is 0 Å². The van der Waals surface area contributed by atoms with Crippen LogP contribution < -0.4 is 0 Å². The number of hydrogen-bond donors (Lipinski definition) is 0. The van der Waals surface area contributed by atoms with Crippen molar-refractivity contribution in [3.63, 3.8) is 0 Å². The monoisotopic (exact) mass is 419 g/mol. The molecule has 0 amide bonds. The summed E-state index contributed by atoms with van der Waals surface area (Å²) < 4.78 is 34.3. The Morgan fingerprint density at radius 1 is 0.900 bits per heavy atom. The standard InChI is InChI=1S/C25H25NO3S/c1-20-12-14-25(15-13-20)30(27,28)26-17-23(22-10-6-3-7-11-22)16-24(26)19-29-18-21-8-4-2-5-9-21/h2-16,24H,17-19H2,1H3/t24-/m0/s1. The lowest BCUT2D eigenvalue weighted by Gasteiger charge is -2.24. The molecule has 1 atom stereocenters. The molecule has 0 saturated carbocycles. The van der Waals surface area contributed by atoms with Gasteiger partial charge in [0.25, 0.3) is 0 Å². The molecule has 0 spiro atoms. The van der Waals surface area contributed by atoms with E-state index in [4.69, 9.17) is 4.74 Å². The molecular weight excluding hydrogens is 394 g/mol. The molecule has 4 rings (SSSR count). The second-order valence-corrected chi connectivity index (χ2v) is 9.38. The van der Waals surface area contributed by atoms with Crippen molar-refractivity contribution in [3.05, 3.63) is 108 Å². The summed E-state index contributed by atoms with van der Waals surface area (Å²) in [6, 6.07) is 26.5. The SMILES string of the molecule is Cc1ccc(S(=O)(=O)N2CC(c3ccccc3)=C[C@H]2COCc2ccccc2)cc1. The van der Waals surface area contributed by atoms with Gasteiger partial charge in [-0.25, -0.2) is 8.42 Å². The zero-order valence-corrected chi connectivity index (χ0v) is 17.8. The molecule has 154 valence electrons.